The summed E-state index contributed by atoms with van der Waals surface area (Å²) in [6.07, 6.45) is 3.74. The number of aromatic nitrogens is 1. The summed E-state index contributed by atoms with van der Waals surface area (Å²) in [5.41, 5.74) is 0. The third-order valence-electron chi connectivity index (χ3n) is 3.77. The highest BCUT2D eigenvalue weighted by molar-refractivity contribution is 7.09. The highest BCUT2D eigenvalue weighted by atomic mass is 32.1. The van der Waals surface area contributed by atoms with E-state index in [2.05, 4.69) is 10.3 Å². The number of piperidine rings is 1. The minimum absolute atomic E-state index is 0.0334. The lowest BCUT2D eigenvalue weighted by molar-refractivity contribution is -0.132. The Labute approximate surface area is 125 Å². The highest BCUT2D eigenvalue weighted by Gasteiger charge is 2.32. The first-order valence-corrected chi connectivity index (χ1v) is 7.77. The monoisotopic (exact) mass is 308 g/mol. The second-order valence-electron chi connectivity index (χ2n) is 5.26. The summed E-state index contributed by atoms with van der Waals surface area (Å²) < 4.78 is 0. The molecule has 0 radical (unpaired) electrons. The highest BCUT2D eigenvalue weighted by Crippen LogP contribution is 2.28. The quantitative estimate of drug-likeness (QED) is 0.820. The maximum Gasteiger partial charge on any atom is 0.325 e. The van der Waals surface area contributed by atoms with Crippen LogP contribution in [0.5, 0.6) is 0 Å². The van der Waals surface area contributed by atoms with Gasteiger partial charge in [-0.15, -0.1) is 11.3 Å². The molecule has 2 aliphatic heterocycles. The lowest BCUT2D eigenvalue weighted by Gasteiger charge is -2.32. The van der Waals surface area contributed by atoms with Crippen LogP contribution in [-0.2, 0) is 9.59 Å². The molecule has 2 saturated heterocycles. The van der Waals surface area contributed by atoms with Crippen LogP contribution in [0.1, 0.15) is 23.8 Å². The number of carbonyl (C=O) groups is 3. The molecule has 7 nitrogen and oxygen atoms in total. The van der Waals surface area contributed by atoms with Crippen LogP contribution >= 0.6 is 11.3 Å². The van der Waals surface area contributed by atoms with Crippen LogP contribution in [-0.4, -0.2) is 58.8 Å². The normalized spacial score (nSPS) is 22.6. The first-order chi connectivity index (χ1) is 10.1. The number of thiazole rings is 1. The molecule has 0 aliphatic carbocycles. The molecule has 3 rings (SSSR count). The van der Waals surface area contributed by atoms with Crippen molar-refractivity contribution in [1.82, 2.24) is 20.1 Å². The lowest BCUT2D eigenvalue weighted by atomic mass is 9.98. The summed E-state index contributed by atoms with van der Waals surface area (Å²) in [7, 11) is 0. The number of nitrogens with one attached hydrogen (secondary N) is 1. The molecule has 1 unspecified atom stereocenters. The van der Waals surface area contributed by atoms with Gasteiger partial charge in [0.25, 0.3) is 0 Å². The number of urea groups is 1. The fourth-order valence-electron chi connectivity index (χ4n) is 2.72. The van der Waals surface area contributed by atoms with Crippen LogP contribution in [0, 0.1) is 0 Å². The van der Waals surface area contributed by atoms with Crippen molar-refractivity contribution in [3.63, 3.8) is 0 Å². The molecule has 0 spiro atoms. The van der Waals surface area contributed by atoms with Gasteiger partial charge in [0.05, 0.1) is 5.01 Å². The Bertz CT molecular complexity index is 560. The molecular formula is C13H16N4O3S. The van der Waals surface area contributed by atoms with Crippen molar-refractivity contribution in [3.8, 4) is 0 Å². The fraction of sp³-hybridized carbons (Fsp3) is 0.538. The van der Waals surface area contributed by atoms with Crippen LogP contribution in [0.2, 0.25) is 0 Å². The van der Waals surface area contributed by atoms with Crippen LogP contribution in [0.4, 0.5) is 4.79 Å². The molecule has 2 aliphatic rings. The Kier molecular flexibility index (Phi) is 3.87. The van der Waals surface area contributed by atoms with Gasteiger partial charge in [-0.2, -0.15) is 0 Å². The predicted molar refractivity (Wildman–Crippen MR) is 75.8 cm³/mol. The van der Waals surface area contributed by atoms with E-state index in [9.17, 15) is 14.4 Å². The van der Waals surface area contributed by atoms with Crippen molar-refractivity contribution in [3.05, 3.63) is 16.6 Å². The van der Waals surface area contributed by atoms with Gasteiger partial charge in [0.2, 0.25) is 11.8 Å². The Morgan fingerprint density at radius 2 is 2.33 bits per heavy atom. The van der Waals surface area contributed by atoms with E-state index < -0.39 is 6.03 Å². The largest absolute Gasteiger partial charge is 0.340 e. The van der Waals surface area contributed by atoms with E-state index in [1.54, 1.807) is 22.4 Å². The summed E-state index contributed by atoms with van der Waals surface area (Å²) in [5.74, 6) is -0.190. The van der Waals surface area contributed by atoms with Crippen molar-refractivity contribution in [1.29, 1.82) is 0 Å². The van der Waals surface area contributed by atoms with Crippen molar-refractivity contribution in [2.45, 2.75) is 18.8 Å². The maximum absolute atomic E-state index is 12.3. The predicted octanol–water partition coefficient (Wildman–Crippen LogP) is 0.401. The maximum atomic E-state index is 12.3. The lowest BCUT2D eigenvalue weighted by Crippen LogP contribution is -2.45. The second-order valence-corrected chi connectivity index (χ2v) is 6.18. The zero-order valence-electron chi connectivity index (χ0n) is 11.4. The molecule has 1 atom stereocenters. The Hall–Kier alpha value is -1.96. The number of rotatable bonds is 3. The molecule has 0 bridgehead atoms. The Morgan fingerprint density at radius 3 is 3.00 bits per heavy atom. The van der Waals surface area contributed by atoms with Gasteiger partial charge in [-0.05, 0) is 12.8 Å². The summed E-state index contributed by atoms with van der Waals surface area (Å²) >= 11 is 1.61. The topological polar surface area (TPSA) is 82.6 Å². The van der Waals surface area contributed by atoms with Crippen molar-refractivity contribution < 1.29 is 14.4 Å². The fourth-order valence-corrected chi connectivity index (χ4v) is 3.48. The van der Waals surface area contributed by atoms with Gasteiger partial charge in [0.1, 0.15) is 13.1 Å². The molecule has 0 aromatic carbocycles. The minimum Gasteiger partial charge on any atom is -0.340 e. The summed E-state index contributed by atoms with van der Waals surface area (Å²) in [6, 6.07) is -0.484. The number of nitrogens with zero attached hydrogens (tertiary/aromatic N) is 3. The van der Waals surface area contributed by atoms with Gasteiger partial charge in [-0.1, -0.05) is 0 Å². The molecule has 0 saturated carbocycles. The zero-order valence-corrected chi connectivity index (χ0v) is 12.3. The van der Waals surface area contributed by atoms with E-state index in [0.717, 1.165) is 17.8 Å². The number of imide groups is 1. The molecule has 1 N–H and O–H groups in total. The first-order valence-electron chi connectivity index (χ1n) is 6.89. The number of hydrogen-bond acceptors (Lipinski definition) is 5. The summed E-state index contributed by atoms with van der Waals surface area (Å²) in [4.78, 5) is 42.2. The van der Waals surface area contributed by atoms with Gasteiger partial charge in [0, 0.05) is 30.6 Å². The van der Waals surface area contributed by atoms with Crippen LogP contribution in [0.3, 0.4) is 0 Å². The number of carbonyl (C=O) groups excluding carboxylic acids is 3. The average molecular weight is 308 g/mol. The third-order valence-corrected chi connectivity index (χ3v) is 4.71. The van der Waals surface area contributed by atoms with Crippen LogP contribution < -0.4 is 5.32 Å². The molecule has 2 fully saturated rings. The molecule has 1 aromatic heterocycles. The first kappa shape index (κ1) is 14.0. The van der Waals surface area contributed by atoms with E-state index >= 15 is 0 Å². The molecule has 112 valence electrons. The molecule has 4 amide bonds. The van der Waals surface area contributed by atoms with Crippen LogP contribution in [0.25, 0.3) is 0 Å². The number of hydrogen-bond donors (Lipinski definition) is 1. The third kappa shape index (κ3) is 3.05. The zero-order chi connectivity index (χ0) is 14.8. The average Bonchev–Trinajstić information content (AvgIpc) is 3.09. The number of amides is 4. The van der Waals surface area contributed by atoms with E-state index in [4.69, 9.17) is 0 Å². The van der Waals surface area contributed by atoms with Crippen LogP contribution in [0.15, 0.2) is 11.6 Å². The van der Waals surface area contributed by atoms with Gasteiger partial charge < -0.3 is 9.80 Å². The van der Waals surface area contributed by atoms with E-state index in [-0.39, 0.29) is 30.8 Å². The Morgan fingerprint density at radius 1 is 1.48 bits per heavy atom. The van der Waals surface area contributed by atoms with Crippen molar-refractivity contribution in [2.24, 2.45) is 0 Å². The summed E-state index contributed by atoms with van der Waals surface area (Å²) in [6.45, 7) is 1.26. The van der Waals surface area contributed by atoms with Gasteiger partial charge in [-0.25, -0.2) is 9.78 Å². The molecule has 21 heavy (non-hydrogen) atoms. The Balaban J connectivity index is 1.59. The number of likely N-dealkylation sites (tertiary alicyclic amines) is 1. The molecule has 8 heteroatoms. The molecular weight excluding hydrogens is 292 g/mol. The van der Waals surface area contributed by atoms with E-state index in [0.29, 0.717) is 13.1 Å². The summed E-state index contributed by atoms with van der Waals surface area (Å²) in [5, 5.41) is 5.17. The minimum atomic E-state index is -0.484. The molecule has 1 aromatic rings. The standard InChI is InChI=1S/C13H16N4O3S/c18-10-7-17(13(20)15-10)8-11(19)16-4-1-2-9(6-16)12-14-3-5-21-12/h3,5,9H,1-2,4,6-8H2,(H,15,18,20). The second kappa shape index (κ2) is 5.80. The smallest absolute Gasteiger partial charge is 0.325 e. The van der Waals surface area contributed by atoms with E-state index in [1.807, 2.05) is 5.38 Å². The van der Waals surface area contributed by atoms with Gasteiger partial charge >= 0.3 is 6.03 Å². The van der Waals surface area contributed by atoms with E-state index in [1.165, 1.54) is 4.90 Å². The SMILES string of the molecule is O=C1CN(CC(=O)N2CCCC(c3nccs3)C2)C(=O)N1. The van der Waals surface area contributed by atoms with Crippen molar-refractivity contribution in [2.75, 3.05) is 26.2 Å². The molecule has 3 heterocycles. The van der Waals surface area contributed by atoms with Gasteiger partial charge in [-0.3, -0.25) is 14.9 Å². The van der Waals surface area contributed by atoms with Crippen molar-refractivity contribution >= 4 is 29.2 Å². The van der Waals surface area contributed by atoms with Gasteiger partial charge in [0.15, 0.2) is 0 Å².